The second kappa shape index (κ2) is 9.98. The summed E-state index contributed by atoms with van der Waals surface area (Å²) < 4.78 is 9.53. The molecule has 5 heteroatoms. The van der Waals surface area contributed by atoms with Crippen molar-refractivity contribution in [3.8, 4) is 6.07 Å². The molecule has 1 unspecified atom stereocenters. The lowest BCUT2D eigenvalue weighted by Gasteiger charge is -2.31. The van der Waals surface area contributed by atoms with Crippen LogP contribution < -0.4 is 0 Å². The highest BCUT2D eigenvalue weighted by Crippen LogP contribution is 2.38. The summed E-state index contributed by atoms with van der Waals surface area (Å²) in [5, 5.41) is 9.43. The number of methoxy groups -OCH3 is 2. The van der Waals surface area contributed by atoms with E-state index >= 15 is 0 Å². The molecular formula is C16H25NO4. The van der Waals surface area contributed by atoms with Gasteiger partial charge in [0.25, 0.3) is 0 Å². The molecule has 0 aromatic rings. The Morgan fingerprint density at radius 2 is 1.81 bits per heavy atom. The van der Waals surface area contributed by atoms with E-state index in [1.54, 1.807) is 0 Å². The first-order valence-corrected chi connectivity index (χ1v) is 7.22. The van der Waals surface area contributed by atoms with Crippen LogP contribution in [0.25, 0.3) is 0 Å². The molecule has 0 fully saturated rings. The summed E-state index contributed by atoms with van der Waals surface area (Å²) in [6, 6.07) is 2.09. The van der Waals surface area contributed by atoms with E-state index in [9.17, 15) is 14.9 Å². The topological polar surface area (TPSA) is 76.4 Å². The summed E-state index contributed by atoms with van der Waals surface area (Å²) in [6.45, 7) is 5.67. The average Bonchev–Trinajstić information content (AvgIpc) is 2.51. The first-order chi connectivity index (χ1) is 10.0. The Labute approximate surface area is 126 Å². The average molecular weight is 295 g/mol. The van der Waals surface area contributed by atoms with Gasteiger partial charge in [-0.15, -0.1) is 6.58 Å². The molecular weight excluding hydrogens is 270 g/mol. The van der Waals surface area contributed by atoms with Crippen molar-refractivity contribution in [1.29, 1.82) is 5.26 Å². The molecule has 0 aliphatic rings. The van der Waals surface area contributed by atoms with Crippen molar-refractivity contribution in [2.24, 2.45) is 11.3 Å². The number of unbranched alkanes of at least 4 members (excludes halogenated alkanes) is 3. The molecule has 0 aliphatic carbocycles. The highest BCUT2D eigenvalue weighted by Gasteiger charge is 2.53. The number of ether oxygens (including phenoxy) is 2. The van der Waals surface area contributed by atoms with Gasteiger partial charge in [-0.25, -0.2) is 0 Å². The number of nitrogens with zero attached hydrogens (tertiary/aromatic N) is 1. The zero-order valence-corrected chi connectivity index (χ0v) is 13.2. The van der Waals surface area contributed by atoms with Crippen molar-refractivity contribution < 1.29 is 19.1 Å². The van der Waals surface area contributed by atoms with Crippen molar-refractivity contribution in [2.45, 2.75) is 45.4 Å². The summed E-state index contributed by atoms with van der Waals surface area (Å²) in [5.41, 5.74) is -1.62. The fourth-order valence-corrected chi connectivity index (χ4v) is 2.47. The maximum absolute atomic E-state index is 12.2. The SMILES string of the molecule is C=CCC(C(=O)OC)(C(=O)OC)C(C#N)CCCCCC. The lowest BCUT2D eigenvalue weighted by molar-refractivity contribution is -0.172. The van der Waals surface area contributed by atoms with Crippen LogP contribution in [0.1, 0.15) is 45.4 Å². The van der Waals surface area contributed by atoms with Gasteiger partial charge in [0.2, 0.25) is 0 Å². The van der Waals surface area contributed by atoms with E-state index in [0.717, 1.165) is 25.7 Å². The first kappa shape index (κ1) is 19.2. The molecule has 0 heterocycles. The van der Waals surface area contributed by atoms with Crippen molar-refractivity contribution in [3.63, 3.8) is 0 Å². The smallest absolute Gasteiger partial charge is 0.324 e. The molecule has 0 bridgehead atoms. The molecule has 0 aliphatic heterocycles. The maximum atomic E-state index is 12.2. The summed E-state index contributed by atoms with van der Waals surface area (Å²) in [5.74, 6) is -2.26. The van der Waals surface area contributed by atoms with E-state index in [4.69, 9.17) is 9.47 Å². The minimum absolute atomic E-state index is 0.0261. The molecule has 0 N–H and O–H groups in total. The van der Waals surface area contributed by atoms with Gasteiger partial charge < -0.3 is 9.47 Å². The minimum atomic E-state index is -1.62. The first-order valence-electron chi connectivity index (χ1n) is 7.22. The summed E-state index contributed by atoms with van der Waals surface area (Å²) in [6.07, 6.45) is 5.79. The van der Waals surface area contributed by atoms with Crippen LogP contribution in [0.4, 0.5) is 0 Å². The Hall–Kier alpha value is -1.83. The molecule has 0 radical (unpaired) electrons. The Bertz CT molecular complexity index is 382. The fourth-order valence-electron chi connectivity index (χ4n) is 2.47. The maximum Gasteiger partial charge on any atom is 0.324 e. The highest BCUT2D eigenvalue weighted by atomic mass is 16.5. The second-order valence-corrected chi connectivity index (χ2v) is 4.98. The third kappa shape index (κ3) is 4.59. The molecule has 0 aromatic carbocycles. The Kier molecular flexibility index (Phi) is 9.11. The van der Waals surface area contributed by atoms with Crippen LogP contribution in [0.3, 0.4) is 0 Å². The summed E-state index contributed by atoms with van der Waals surface area (Å²) >= 11 is 0. The van der Waals surface area contributed by atoms with Crippen molar-refractivity contribution in [2.75, 3.05) is 14.2 Å². The van der Waals surface area contributed by atoms with E-state index < -0.39 is 23.3 Å². The van der Waals surface area contributed by atoms with E-state index in [2.05, 4.69) is 19.6 Å². The Morgan fingerprint density at radius 3 is 2.19 bits per heavy atom. The van der Waals surface area contributed by atoms with E-state index in [1.165, 1.54) is 20.3 Å². The van der Waals surface area contributed by atoms with Gasteiger partial charge in [0.05, 0.1) is 26.2 Å². The Morgan fingerprint density at radius 1 is 1.24 bits per heavy atom. The number of nitriles is 1. The van der Waals surface area contributed by atoms with E-state index in [0.29, 0.717) is 6.42 Å². The van der Waals surface area contributed by atoms with Gasteiger partial charge in [-0.05, 0) is 12.8 Å². The normalized spacial score (nSPS) is 12.1. The molecule has 118 valence electrons. The van der Waals surface area contributed by atoms with Crippen LogP contribution in [0.5, 0.6) is 0 Å². The van der Waals surface area contributed by atoms with Crippen LogP contribution in [0.15, 0.2) is 12.7 Å². The van der Waals surface area contributed by atoms with Crippen molar-refractivity contribution in [3.05, 3.63) is 12.7 Å². The molecule has 0 saturated carbocycles. The van der Waals surface area contributed by atoms with Crippen molar-refractivity contribution in [1.82, 2.24) is 0 Å². The van der Waals surface area contributed by atoms with Gasteiger partial charge >= 0.3 is 11.9 Å². The standard InChI is InChI=1S/C16H25NO4/c1-5-7-8-9-10-13(12-17)16(11-6-2,14(18)20-3)15(19)21-4/h6,13H,2,5,7-11H2,1,3-4H3. The van der Waals surface area contributed by atoms with Gasteiger partial charge in [-0.1, -0.05) is 38.7 Å². The van der Waals surface area contributed by atoms with E-state index in [-0.39, 0.29) is 6.42 Å². The predicted octanol–water partition coefficient (Wildman–Crippen LogP) is 3.01. The quantitative estimate of drug-likeness (QED) is 0.268. The van der Waals surface area contributed by atoms with Gasteiger partial charge in [0.15, 0.2) is 5.41 Å². The molecule has 0 saturated heterocycles. The van der Waals surface area contributed by atoms with Gasteiger partial charge in [0.1, 0.15) is 0 Å². The summed E-state index contributed by atoms with van der Waals surface area (Å²) in [4.78, 5) is 24.4. The Balaban J connectivity index is 5.39. The third-order valence-corrected chi connectivity index (χ3v) is 3.66. The third-order valence-electron chi connectivity index (χ3n) is 3.66. The number of esters is 2. The van der Waals surface area contributed by atoms with Gasteiger partial charge in [-0.2, -0.15) is 5.26 Å². The minimum Gasteiger partial charge on any atom is -0.468 e. The lowest BCUT2D eigenvalue weighted by atomic mass is 9.71. The number of carbonyl (C=O) groups excluding carboxylic acids is 2. The zero-order chi connectivity index (χ0) is 16.3. The molecule has 0 aromatic heterocycles. The molecule has 0 rings (SSSR count). The monoisotopic (exact) mass is 295 g/mol. The largest absolute Gasteiger partial charge is 0.468 e. The number of hydrogen-bond donors (Lipinski definition) is 0. The fraction of sp³-hybridized carbons (Fsp3) is 0.688. The van der Waals surface area contributed by atoms with Crippen LogP contribution >= 0.6 is 0 Å². The number of allylic oxidation sites excluding steroid dienone is 1. The number of rotatable bonds is 10. The predicted molar refractivity (Wildman–Crippen MR) is 79.1 cm³/mol. The van der Waals surface area contributed by atoms with Gasteiger partial charge in [-0.3, -0.25) is 9.59 Å². The number of hydrogen-bond acceptors (Lipinski definition) is 5. The van der Waals surface area contributed by atoms with Crippen LogP contribution in [-0.4, -0.2) is 26.2 Å². The lowest BCUT2D eigenvalue weighted by Crippen LogP contribution is -2.46. The van der Waals surface area contributed by atoms with Crippen LogP contribution in [0, 0.1) is 22.7 Å². The van der Waals surface area contributed by atoms with Crippen LogP contribution in [-0.2, 0) is 19.1 Å². The highest BCUT2D eigenvalue weighted by molar-refractivity contribution is 6.01. The molecule has 0 spiro atoms. The summed E-state index contributed by atoms with van der Waals surface area (Å²) in [7, 11) is 2.41. The number of carbonyl (C=O) groups is 2. The second-order valence-electron chi connectivity index (χ2n) is 4.98. The van der Waals surface area contributed by atoms with Crippen molar-refractivity contribution >= 4 is 11.9 Å². The van der Waals surface area contributed by atoms with Crippen LogP contribution in [0.2, 0.25) is 0 Å². The van der Waals surface area contributed by atoms with E-state index in [1.807, 2.05) is 0 Å². The molecule has 21 heavy (non-hydrogen) atoms. The molecule has 5 nitrogen and oxygen atoms in total. The molecule has 0 amide bonds. The molecule has 1 atom stereocenters. The zero-order valence-electron chi connectivity index (χ0n) is 13.2. The van der Waals surface area contributed by atoms with Gasteiger partial charge in [0, 0.05) is 0 Å².